The molecule has 0 N–H and O–H groups in total. The summed E-state index contributed by atoms with van der Waals surface area (Å²) in [7, 11) is 0. The van der Waals surface area contributed by atoms with E-state index in [1.807, 2.05) is 0 Å². The lowest BCUT2D eigenvalue weighted by Crippen LogP contribution is -2.39. The molecule has 1 atom stereocenters. The van der Waals surface area contributed by atoms with Crippen molar-refractivity contribution in [3.8, 4) is 0 Å². The van der Waals surface area contributed by atoms with E-state index in [1.165, 1.54) is 244 Å². The fourth-order valence-corrected chi connectivity index (χ4v) is 7.60. The van der Waals surface area contributed by atoms with Gasteiger partial charge in [0.2, 0.25) is 0 Å². The van der Waals surface area contributed by atoms with Crippen molar-refractivity contribution in [2.75, 3.05) is 13.1 Å². The molecule has 2 heteroatoms. The molecule has 46 heavy (non-hydrogen) atoms. The molecule has 0 fully saturated rings. The predicted molar refractivity (Wildman–Crippen MR) is 210 cm³/mol. The minimum atomic E-state index is 0.638. The normalized spacial score (nSPS) is 14.7. The smallest absolute Gasteiger partial charge is 0.101 e. The summed E-state index contributed by atoms with van der Waals surface area (Å²) in [5.74, 6) is 0. The third-order valence-corrected chi connectivity index (χ3v) is 10.8. The highest BCUT2D eigenvalue weighted by molar-refractivity contribution is 4.97. The summed E-state index contributed by atoms with van der Waals surface area (Å²) in [6.07, 6.45) is 57.4. The second kappa shape index (κ2) is 35.6. The summed E-state index contributed by atoms with van der Waals surface area (Å²) >= 11 is 0. The van der Waals surface area contributed by atoms with Gasteiger partial charge < -0.3 is 9.80 Å². The van der Waals surface area contributed by atoms with Gasteiger partial charge in [0.15, 0.2) is 0 Å². The van der Waals surface area contributed by atoms with Crippen molar-refractivity contribution in [1.82, 2.24) is 9.80 Å². The van der Waals surface area contributed by atoms with Gasteiger partial charge >= 0.3 is 0 Å². The number of rotatable bonds is 38. The molecule has 0 spiro atoms. The highest BCUT2D eigenvalue weighted by Gasteiger charge is 2.24. The van der Waals surface area contributed by atoms with Crippen LogP contribution in [0.25, 0.3) is 0 Å². The summed E-state index contributed by atoms with van der Waals surface area (Å²) in [5.41, 5.74) is 0. The molecule has 0 aromatic heterocycles. The molecule has 1 unspecified atom stereocenters. The van der Waals surface area contributed by atoms with E-state index in [1.54, 1.807) is 0 Å². The molecule has 0 saturated heterocycles. The van der Waals surface area contributed by atoms with Crippen molar-refractivity contribution in [1.29, 1.82) is 0 Å². The summed E-state index contributed by atoms with van der Waals surface area (Å²) in [6.45, 7) is 9.49. The van der Waals surface area contributed by atoms with E-state index < -0.39 is 0 Å². The van der Waals surface area contributed by atoms with Gasteiger partial charge in [-0.3, -0.25) is 0 Å². The Labute approximate surface area is 292 Å². The van der Waals surface area contributed by atoms with Gasteiger partial charge in [-0.25, -0.2) is 0 Å². The van der Waals surface area contributed by atoms with Crippen molar-refractivity contribution in [2.45, 2.75) is 258 Å². The first-order valence-corrected chi connectivity index (χ1v) is 22.0. The van der Waals surface area contributed by atoms with Crippen molar-refractivity contribution in [3.05, 3.63) is 12.4 Å². The maximum absolute atomic E-state index is 2.73. The molecule has 2 nitrogen and oxygen atoms in total. The largest absolute Gasteiger partial charge is 0.356 e. The zero-order valence-electron chi connectivity index (χ0n) is 32.5. The predicted octanol–water partition coefficient (Wildman–Crippen LogP) is 15.5. The fraction of sp³-hybridized carbons (Fsp3) is 0.955. The first kappa shape index (κ1) is 43.4. The number of hydrogen-bond donors (Lipinski definition) is 0. The van der Waals surface area contributed by atoms with Crippen LogP contribution in [0.3, 0.4) is 0 Å². The highest BCUT2D eigenvalue weighted by atomic mass is 15.4. The molecule has 0 aromatic carbocycles. The third-order valence-electron chi connectivity index (χ3n) is 10.8. The van der Waals surface area contributed by atoms with Gasteiger partial charge in [0, 0.05) is 25.5 Å². The lowest BCUT2D eigenvalue weighted by Gasteiger charge is -2.33. The van der Waals surface area contributed by atoms with Gasteiger partial charge in [0.05, 0.1) is 0 Å². The van der Waals surface area contributed by atoms with Crippen LogP contribution in [0.4, 0.5) is 0 Å². The summed E-state index contributed by atoms with van der Waals surface area (Å²) in [5, 5.41) is 0. The zero-order chi connectivity index (χ0) is 33.0. The van der Waals surface area contributed by atoms with Crippen molar-refractivity contribution in [2.24, 2.45) is 0 Å². The SMILES string of the molecule is CCCCCCCCCCCCCCCCCCC1N(CCCCCCCCCCC)C=CN1CCCCCCCCCCCC. The lowest BCUT2D eigenvalue weighted by molar-refractivity contribution is 0.135. The fourth-order valence-electron chi connectivity index (χ4n) is 7.60. The Kier molecular flexibility index (Phi) is 33.6. The molecule has 0 saturated carbocycles. The van der Waals surface area contributed by atoms with Gasteiger partial charge in [-0.1, -0.05) is 226 Å². The Bertz CT molecular complexity index is 601. The van der Waals surface area contributed by atoms with Crippen LogP contribution in [-0.4, -0.2) is 29.1 Å². The number of unbranched alkanes of at least 4 members (excludes halogenated alkanes) is 32. The highest BCUT2D eigenvalue weighted by Crippen LogP contribution is 2.24. The van der Waals surface area contributed by atoms with Crippen LogP contribution in [0.5, 0.6) is 0 Å². The van der Waals surface area contributed by atoms with Crippen LogP contribution < -0.4 is 0 Å². The van der Waals surface area contributed by atoms with Crippen molar-refractivity contribution >= 4 is 0 Å². The topological polar surface area (TPSA) is 6.48 Å². The third kappa shape index (κ3) is 27.3. The number of hydrogen-bond acceptors (Lipinski definition) is 2. The monoisotopic (exact) mass is 645 g/mol. The molecule has 1 rings (SSSR count). The zero-order valence-corrected chi connectivity index (χ0v) is 32.5. The molecule has 1 heterocycles. The first-order valence-electron chi connectivity index (χ1n) is 22.0. The maximum atomic E-state index is 2.73. The molecule has 1 aliphatic rings. The van der Waals surface area contributed by atoms with Gasteiger partial charge in [-0.15, -0.1) is 0 Å². The Hall–Kier alpha value is -0.660. The second-order valence-corrected chi connectivity index (χ2v) is 15.4. The van der Waals surface area contributed by atoms with E-state index in [2.05, 4.69) is 43.0 Å². The molecule has 0 aromatic rings. The van der Waals surface area contributed by atoms with E-state index in [0.29, 0.717) is 6.17 Å². The van der Waals surface area contributed by atoms with Crippen LogP contribution in [0.2, 0.25) is 0 Å². The second-order valence-electron chi connectivity index (χ2n) is 15.4. The molecule has 0 amide bonds. The van der Waals surface area contributed by atoms with Crippen LogP contribution >= 0.6 is 0 Å². The van der Waals surface area contributed by atoms with Gasteiger partial charge in [0.1, 0.15) is 6.17 Å². The van der Waals surface area contributed by atoms with Gasteiger partial charge in [-0.2, -0.15) is 0 Å². The van der Waals surface area contributed by atoms with Gasteiger partial charge in [-0.05, 0) is 25.7 Å². The lowest BCUT2D eigenvalue weighted by atomic mass is 10.0. The summed E-state index contributed by atoms with van der Waals surface area (Å²) < 4.78 is 0. The molecular weight excluding hydrogens is 556 g/mol. The Balaban J connectivity index is 2.19. The summed E-state index contributed by atoms with van der Waals surface area (Å²) in [6, 6.07) is 0. The average molecular weight is 645 g/mol. The Morgan fingerprint density at radius 2 is 0.500 bits per heavy atom. The molecule has 274 valence electrons. The first-order chi connectivity index (χ1) is 22.8. The quantitative estimate of drug-likeness (QED) is 0.0617. The molecular formula is C44H88N2. The van der Waals surface area contributed by atoms with E-state index in [0.717, 1.165) is 0 Å². The van der Waals surface area contributed by atoms with Gasteiger partial charge in [0.25, 0.3) is 0 Å². The average Bonchev–Trinajstić information content (AvgIpc) is 3.45. The Morgan fingerprint density at radius 3 is 0.761 bits per heavy atom. The van der Waals surface area contributed by atoms with E-state index in [4.69, 9.17) is 0 Å². The van der Waals surface area contributed by atoms with Crippen LogP contribution in [0.15, 0.2) is 12.4 Å². The van der Waals surface area contributed by atoms with Crippen molar-refractivity contribution in [3.63, 3.8) is 0 Å². The molecule has 1 aliphatic heterocycles. The Morgan fingerprint density at radius 1 is 0.283 bits per heavy atom. The van der Waals surface area contributed by atoms with Crippen molar-refractivity contribution < 1.29 is 0 Å². The van der Waals surface area contributed by atoms with Crippen LogP contribution in [0, 0.1) is 0 Å². The summed E-state index contributed by atoms with van der Waals surface area (Å²) in [4.78, 5) is 5.45. The molecule has 0 aliphatic carbocycles. The standard InChI is InChI=1S/C44H88N2/c1-4-7-10-13-16-19-21-22-23-24-25-26-27-30-33-36-39-44-45(40-37-34-31-28-18-15-12-9-6-3)42-43-46(44)41-38-35-32-29-20-17-14-11-8-5-2/h42-44H,4-41H2,1-3H3. The van der Waals surface area contributed by atoms with Crippen LogP contribution in [-0.2, 0) is 0 Å². The maximum Gasteiger partial charge on any atom is 0.101 e. The van der Waals surface area contributed by atoms with Crippen LogP contribution in [0.1, 0.15) is 252 Å². The molecule has 0 radical (unpaired) electrons. The van der Waals surface area contributed by atoms with E-state index >= 15 is 0 Å². The minimum Gasteiger partial charge on any atom is -0.356 e. The van der Waals surface area contributed by atoms with E-state index in [9.17, 15) is 0 Å². The van der Waals surface area contributed by atoms with E-state index in [-0.39, 0.29) is 0 Å². The number of nitrogens with zero attached hydrogens (tertiary/aromatic N) is 2. The minimum absolute atomic E-state index is 0.638. The molecule has 0 bridgehead atoms.